The van der Waals surface area contributed by atoms with Gasteiger partial charge in [-0.1, -0.05) is 36.4 Å². The molecule has 31 heavy (non-hydrogen) atoms. The van der Waals surface area contributed by atoms with Crippen molar-refractivity contribution in [1.29, 1.82) is 0 Å². The van der Waals surface area contributed by atoms with E-state index in [9.17, 15) is 4.79 Å². The maximum Gasteiger partial charge on any atom is 0.234 e. The fourth-order valence-electron chi connectivity index (χ4n) is 3.87. The number of morpholine rings is 1. The highest BCUT2D eigenvalue weighted by molar-refractivity contribution is 5.78. The number of methoxy groups -OCH3 is 2. The molecule has 0 radical (unpaired) electrons. The highest BCUT2D eigenvalue weighted by atomic mass is 16.5. The van der Waals surface area contributed by atoms with Crippen LogP contribution in [0.3, 0.4) is 0 Å². The van der Waals surface area contributed by atoms with Crippen molar-refractivity contribution in [2.75, 3.05) is 60.7 Å². The molecular weight excluding hydrogens is 394 g/mol. The van der Waals surface area contributed by atoms with Crippen molar-refractivity contribution in [3.05, 3.63) is 59.7 Å². The van der Waals surface area contributed by atoms with Gasteiger partial charge in [0.25, 0.3) is 0 Å². The Bertz CT molecular complexity index is 825. The normalized spacial score (nSPS) is 15.5. The first kappa shape index (κ1) is 23.1. The molecule has 0 spiro atoms. The summed E-state index contributed by atoms with van der Waals surface area (Å²) in [6.45, 7) is 4.63. The van der Waals surface area contributed by atoms with Crippen LogP contribution >= 0.6 is 0 Å². The number of hydrogen-bond acceptors (Lipinski definition) is 6. The van der Waals surface area contributed by atoms with E-state index in [1.807, 2.05) is 48.3 Å². The van der Waals surface area contributed by atoms with Gasteiger partial charge in [0.15, 0.2) is 11.5 Å². The van der Waals surface area contributed by atoms with E-state index < -0.39 is 0 Å². The van der Waals surface area contributed by atoms with E-state index in [1.54, 1.807) is 14.2 Å². The van der Waals surface area contributed by atoms with Crippen LogP contribution in [0, 0.1) is 0 Å². The third kappa shape index (κ3) is 6.69. The minimum absolute atomic E-state index is 0.0113. The van der Waals surface area contributed by atoms with Gasteiger partial charge < -0.3 is 19.5 Å². The zero-order valence-corrected chi connectivity index (χ0v) is 18.7. The van der Waals surface area contributed by atoms with Crippen molar-refractivity contribution < 1.29 is 19.0 Å². The molecule has 1 N–H and O–H groups in total. The Hall–Kier alpha value is -2.61. The molecule has 2 aromatic carbocycles. The van der Waals surface area contributed by atoms with Crippen molar-refractivity contribution in [3.63, 3.8) is 0 Å². The second-order valence-corrected chi connectivity index (χ2v) is 7.74. The van der Waals surface area contributed by atoms with E-state index in [-0.39, 0.29) is 11.9 Å². The number of carbonyl (C=O) groups is 1. The van der Waals surface area contributed by atoms with Gasteiger partial charge in [-0.3, -0.25) is 14.6 Å². The third-order valence-electron chi connectivity index (χ3n) is 5.48. The summed E-state index contributed by atoms with van der Waals surface area (Å²) in [6.07, 6.45) is 0. The quantitative estimate of drug-likeness (QED) is 0.628. The first-order valence-electron chi connectivity index (χ1n) is 10.6. The Morgan fingerprint density at radius 1 is 1.10 bits per heavy atom. The Labute approximate surface area is 184 Å². The topological polar surface area (TPSA) is 63.3 Å². The van der Waals surface area contributed by atoms with E-state index in [0.29, 0.717) is 37.8 Å². The highest BCUT2D eigenvalue weighted by Crippen LogP contribution is 2.32. The Morgan fingerprint density at radius 3 is 2.48 bits per heavy atom. The van der Waals surface area contributed by atoms with Crippen LogP contribution in [0.5, 0.6) is 11.5 Å². The number of amides is 1. The fourth-order valence-corrected chi connectivity index (χ4v) is 3.87. The first-order valence-corrected chi connectivity index (χ1v) is 10.6. The van der Waals surface area contributed by atoms with Crippen molar-refractivity contribution in [1.82, 2.24) is 15.1 Å². The fraction of sp³-hybridized carbons (Fsp3) is 0.458. The van der Waals surface area contributed by atoms with Gasteiger partial charge >= 0.3 is 0 Å². The molecule has 1 unspecified atom stereocenters. The molecule has 1 aliphatic rings. The molecule has 1 fully saturated rings. The van der Waals surface area contributed by atoms with Gasteiger partial charge in [-0.15, -0.1) is 0 Å². The SMILES string of the molecule is COc1ccc(C(CNC(=O)CN(C)Cc2ccccc2)N2CCOCC2)cc1OC. The molecule has 1 aliphatic heterocycles. The summed E-state index contributed by atoms with van der Waals surface area (Å²) in [7, 11) is 5.22. The second kappa shape index (κ2) is 11.7. The second-order valence-electron chi connectivity index (χ2n) is 7.74. The minimum Gasteiger partial charge on any atom is -0.493 e. The van der Waals surface area contributed by atoms with Gasteiger partial charge in [0.05, 0.1) is 40.0 Å². The van der Waals surface area contributed by atoms with E-state index in [2.05, 4.69) is 22.3 Å². The maximum absolute atomic E-state index is 12.6. The summed E-state index contributed by atoms with van der Waals surface area (Å²) in [4.78, 5) is 17.0. The lowest BCUT2D eigenvalue weighted by molar-refractivity contribution is -0.122. The summed E-state index contributed by atoms with van der Waals surface area (Å²) in [5, 5.41) is 3.13. The lowest BCUT2D eigenvalue weighted by Crippen LogP contribution is -2.45. The van der Waals surface area contributed by atoms with Gasteiger partial charge in [-0.25, -0.2) is 0 Å². The molecule has 0 aliphatic carbocycles. The molecule has 7 nitrogen and oxygen atoms in total. The molecule has 168 valence electrons. The summed E-state index contributed by atoms with van der Waals surface area (Å²) in [6, 6.07) is 16.1. The number of nitrogens with zero attached hydrogens (tertiary/aromatic N) is 2. The first-order chi connectivity index (χ1) is 15.1. The maximum atomic E-state index is 12.6. The monoisotopic (exact) mass is 427 g/mol. The number of carbonyl (C=O) groups excluding carboxylic acids is 1. The molecule has 0 bridgehead atoms. The van der Waals surface area contributed by atoms with E-state index in [0.717, 1.165) is 25.2 Å². The number of rotatable bonds is 10. The van der Waals surface area contributed by atoms with Crippen LogP contribution < -0.4 is 14.8 Å². The smallest absolute Gasteiger partial charge is 0.234 e. The molecule has 1 heterocycles. The molecule has 0 saturated carbocycles. The van der Waals surface area contributed by atoms with Gasteiger partial charge in [-0.05, 0) is 30.3 Å². The number of nitrogens with one attached hydrogen (secondary N) is 1. The standard InChI is InChI=1S/C24H33N3O4/c1-26(17-19-7-5-4-6-8-19)18-24(28)25-16-21(27-11-13-31-14-12-27)20-9-10-22(29-2)23(15-20)30-3/h4-10,15,21H,11-14,16-18H2,1-3H3,(H,25,28). The number of likely N-dealkylation sites (N-methyl/N-ethyl adjacent to an activating group) is 1. The molecule has 1 amide bonds. The summed E-state index contributed by atoms with van der Waals surface area (Å²) in [5.41, 5.74) is 2.27. The van der Waals surface area contributed by atoms with Crippen LogP contribution in [-0.2, 0) is 16.1 Å². The number of hydrogen-bond donors (Lipinski definition) is 1. The van der Waals surface area contributed by atoms with Crippen molar-refractivity contribution in [3.8, 4) is 11.5 Å². The van der Waals surface area contributed by atoms with Crippen LogP contribution in [0.2, 0.25) is 0 Å². The van der Waals surface area contributed by atoms with Gasteiger partial charge in [0.2, 0.25) is 5.91 Å². The molecule has 7 heteroatoms. The lowest BCUT2D eigenvalue weighted by atomic mass is 10.0. The Morgan fingerprint density at radius 2 is 1.81 bits per heavy atom. The van der Waals surface area contributed by atoms with Gasteiger partial charge in [-0.2, -0.15) is 0 Å². The largest absolute Gasteiger partial charge is 0.493 e. The zero-order valence-electron chi connectivity index (χ0n) is 18.7. The van der Waals surface area contributed by atoms with E-state index >= 15 is 0 Å². The summed E-state index contributed by atoms with van der Waals surface area (Å²) >= 11 is 0. The third-order valence-corrected chi connectivity index (χ3v) is 5.48. The molecular formula is C24H33N3O4. The molecule has 1 saturated heterocycles. The van der Waals surface area contributed by atoms with Gasteiger partial charge in [0.1, 0.15) is 0 Å². The molecule has 0 aromatic heterocycles. The van der Waals surface area contributed by atoms with Crippen LogP contribution in [0.15, 0.2) is 48.5 Å². The Balaban J connectivity index is 1.64. The highest BCUT2D eigenvalue weighted by Gasteiger charge is 2.24. The Kier molecular flexibility index (Phi) is 8.70. The predicted molar refractivity (Wildman–Crippen MR) is 120 cm³/mol. The summed E-state index contributed by atoms with van der Waals surface area (Å²) < 4.78 is 16.4. The van der Waals surface area contributed by atoms with Crippen LogP contribution in [0.4, 0.5) is 0 Å². The van der Waals surface area contributed by atoms with Crippen molar-refractivity contribution in [2.45, 2.75) is 12.6 Å². The van der Waals surface area contributed by atoms with Crippen LogP contribution in [0.1, 0.15) is 17.2 Å². The van der Waals surface area contributed by atoms with E-state index in [4.69, 9.17) is 14.2 Å². The minimum atomic E-state index is 0.0113. The number of ether oxygens (including phenoxy) is 3. The van der Waals surface area contributed by atoms with Crippen LogP contribution in [0.25, 0.3) is 0 Å². The average molecular weight is 428 g/mol. The van der Waals surface area contributed by atoms with E-state index in [1.165, 1.54) is 5.56 Å². The zero-order chi connectivity index (χ0) is 22.1. The van der Waals surface area contributed by atoms with Crippen molar-refractivity contribution in [2.24, 2.45) is 0 Å². The lowest BCUT2D eigenvalue weighted by Gasteiger charge is -2.35. The van der Waals surface area contributed by atoms with Gasteiger partial charge in [0, 0.05) is 26.2 Å². The summed E-state index contributed by atoms with van der Waals surface area (Å²) in [5.74, 6) is 1.39. The molecule has 3 rings (SSSR count). The predicted octanol–water partition coefficient (Wildman–Crippen LogP) is 2.33. The number of benzene rings is 2. The average Bonchev–Trinajstić information content (AvgIpc) is 2.80. The molecule has 2 aromatic rings. The molecule has 1 atom stereocenters. The van der Waals surface area contributed by atoms with Crippen molar-refractivity contribution >= 4 is 5.91 Å². The van der Waals surface area contributed by atoms with Crippen LogP contribution in [-0.4, -0.2) is 76.4 Å².